The molecule has 1 N–H and O–H groups in total. The summed E-state index contributed by atoms with van der Waals surface area (Å²) in [5.74, 6) is 1.24. The highest BCUT2D eigenvalue weighted by Gasteiger charge is 2.13. The molecule has 0 atom stereocenters. The SMILES string of the molecule is O=C(Cc1cccnc1)Nc1cc(-c2cccs2)nc(-c2ccco2)n1. The Balaban J connectivity index is 1.63. The zero-order valence-electron chi connectivity index (χ0n) is 13.6. The Hall–Kier alpha value is -3.32. The number of carbonyl (C=O) groups excluding carboxylic acids is 1. The molecule has 0 aliphatic rings. The summed E-state index contributed by atoms with van der Waals surface area (Å²) in [5, 5.41) is 4.82. The molecule has 6 nitrogen and oxygen atoms in total. The van der Waals surface area contributed by atoms with Crippen molar-refractivity contribution in [1.29, 1.82) is 0 Å². The van der Waals surface area contributed by atoms with Crippen molar-refractivity contribution in [2.24, 2.45) is 0 Å². The number of carbonyl (C=O) groups is 1. The Kier molecular flexibility index (Phi) is 4.53. The molecule has 1 amide bonds. The second-order valence-corrected chi connectivity index (χ2v) is 6.45. The summed E-state index contributed by atoms with van der Waals surface area (Å²) in [6.45, 7) is 0. The van der Waals surface area contributed by atoms with Crippen molar-refractivity contribution in [3.05, 3.63) is 72.1 Å². The molecule has 4 heterocycles. The third-order valence-corrected chi connectivity index (χ3v) is 4.49. The molecule has 0 aromatic carbocycles. The second-order valence-electron chi connectivity index (χ2n) is 5.50. The quantitative estimate of drug-likeness (QED) is 0.579. The predicted octanol–water partition coefficient (Wildman–Crippen LogP) is 4.04. The van der Waals surface area contributed by atoms with Crippen molar-refractivity contribution in [1.82, 2.24) is 15.0 Å². The summed E-state index contributed by atoms with van der Waals surface area (Å²) in [5.41, 5.74) is 1.57. The molecular weight excluding hydrogens is 348 g/mol. The number of nitrogens with zero attached hydrogens (tertiary/aromatic N) is 3. The number of aromatic nitrogens is 3. The van der Waals surface area contributed by atoms with Gasteiger partial charge in [-0.05, 0) is 35.2 Å². The Morgan fingerprint density at radius 3 is 2.85 bits per heavy atom. The van der Waals surface area contributed by atoms with Gasteiger partial charge in [0.2, 0.25) is 5.91 Å². The van der Waals surface area contributed by atoms with Gasteiger partial charge in [0.15, 0.2) is 11.6 Å². The Labute approximate surface area is 153 Å². The fourth-order valence-electron chi connectivity index (χ4n) is 2.45. The number of nitrogens with one attached hydrogen (secondary N) is 1. The van der Waals surface area contributed by atoms with Gasteiger partial charge < -0.3 is 9.73 Å². The van der Waals surface area contributed by atoms with Gasteiger partial charge in [0.25, 0.3) is 0 Å². The van der Waals surface area contributed by atoms with Gasteiger partial charge in [-0.3, -0.25) is 9.78 Å². The van der Waals surface area contributed by atoms with E-state index in [1.807, 2.05) is 23.6 Å². The normalized spacial score (nSPS) is 10.6. The van der Waals surface area contributed by atoms with Crippen LogP contribution in [-0.4, -0.2) is 20.9 Å². The van der Waals surface area contributed by atoms with E-state index in [1.54, 1.807) is 54.3 Å². The van der Waals surface area contributed by atoms with Crippen LogP contribution in [0, 0.1) is 0 Å². The molecule has 26 heavy (non-hydrogen) atoms. The van der Waals surface area contributed by atoms with E-state index in [4.69, 9.17) is 4.42 Å². The van der Waals surface area contributed by atoms with Crippen LogP contribution in [0.3, 0.4) is 0 Å². The zero-order chi connectivity index (χ0) is 17.8. The number of anilines is 1. The third kappa shape index (κ3) is 3.68. The number of thiophene rings is 1. The highest BCUT2D eigenvalue weighted by molar-refractivity contribution is 7.13. The minimum Gasteiger partial charge on any atom is -0.461 e. The van der Waals surface area contributed by atoms with E-state index in [0.717, 1.165) is 16.1 Å². The van der Waals surface area contributed by atoms with Gasteiger partial charge >= 0.3 is 0 Å². The Morgan fingerprint density at radius 1 is 1.15 bits per heavy atom. The number of pyridine rings is 1. The first-order valence-corrected chi connectivity index (χ1v) is 8.81. The van der Waals surface area contributed by atoms with E-state index in [2.05, 4.69) is 20.3 Å². The van der Waals surface area contributed by atoms with Crippen LogP contribution >= 0.6 is 11.3 Å². The molecule has 0 radical (unpaired) electrons. The summed E-state index contributed by atoms with van der Waals surface area (Å²) in [7, 11) is 0. The molecular formula is C19H14N4O2S. The van der Waals surface area contributed by atoms with Crippen molar-refractivity contribution in [2.45, 2.75) is 6.42 Å². The van der Waals surface area contributed by atoms with Crippen molar-refractivity contribution in [3.63, 3.8) is 0 Å². The summed E-state index contributed by atoms with van der Waals surface area (Å²) in [6, 6.07) is 12.9. The molecule has 0 spiro atoms. The summed E-state index contributed by atoms with van der Waals surface area (Å²) < 4.78 is 5.40. The summed E-state index contributed by atoms with van der Waals surface area (Å²) in [6.07, 6.45) is 5.14. The van der Waals surface area contributed by atoms with Gasteiger partial charge in [0.05, 0.1) is 23.3 Å². The smallest absolute Gasteiger partial charge is 0.230 e. The molecule has 4 aromatic rings. The average molecular weight is 362 g/mol. The molecule has 4 rings (SSSR count). The molecule has 0 unspecified atom stereocenters. The van der Waals surface area contributed by atoms with Crippen LogP contribution in [-0.2, 0) is 11.2 Å². The van der Waals surface area contributed by atoms with Gasteiger partial charge in [-0.1, -0.05) is 12.1 Å². The van der Waals surface area contributed by atoms with E-state index in [-0.39, 0.29) is 12.3 Å². The second kappa shape index (κ2) is 7.28. The lowest BCUT2D eigenvalue weighted by molar-refractivity contribution is -0.115. The average Bonchev–Trinajstić information content (AvgIpc) is 3.36. The van der Waals surface area contributed by atoms with Crippen LogP contribution in [0.1, 0.15) is 5.56 Å². The largest absolute Gasteiger partial charge is 0.461 e. The molecule has 0 aliphatic heterocycles. The van der Waals surface area contributed by atoms with Crippen LogP contribution in [0.5, 0.6) is 0 Å². The zero-order valence-corrected chi connectivity index (χ0v) is 14.4. The highest BCUT2D eigenvalue weighted by atomic mass is 32.1. The molecule has 0 fully saturated rings. The lowest BCUT2D eigenvalue weighted by Gasteiger charge is -2.08. The van der Waals surface area contributed by atoms with Crippen LogP contribution in [0.15, 0.2) is 70.9 Å². The van der Waals surface area contributed by atoms with Crippen molar-refractivity contribution in [2.75, 3.05) is 5.32 Å². The van der Waals surface area contributed by atoms with E-state index in [1.165, 1.54) is 0 Å². The first-order valence-electron chi connectivity index (χ1n) is 7.93. The lowest BCUT2D eigenvalue weighted by Crippen LogP contribution is -2.16. The standard InChI is InChI=1S/C19H14N4O2S/c24-18(10-13-4-1-7-20-12-13)22-17-11-14(16-6-3-9-26-16)21-19(23-17)15-5-2-8-25-15/h1-9,11-12H,10H2,(H,21,22,23,24). The third-order valence-electron chi connectivity index (χ3n) is 3.60. The van der Waals surface area contributed by atoms with Crippen molar-refractivity contribution >= 4 is 23.1 Å². The first-order chi connectivity index (χ1) is 12.8. The number of hydrogen-bond donors (Lipinski definition) is 1. The van der Waals surface area contributed by atoms with E-state index in [9.17, 15) is 4.79 Å². The number of amides is 1. The highest BCUT2D eigenvalue weighted by Crippen LogP contribution is 2.27. The van der Waals surface area contributed by atoms with E-state index < -0.39 is 0 Å². The van der Waals surface area contributed by atoms with Gasteiger partial charge in [0, 0.05) is 18.5 Å². The number of furan rings is 1. The first kappa shape index (κ1) is 16.2. The van der Waals surface area contributed by atoms with Gasteiger partial charge in [-0.15, -0.1) is 11.3 Å². The van der Waals surface area contributed by atoms with Crippen molar-refractivity contribution in [3.8, 4) is 22.2 Å². The topological polar surface area (TPSA) is 80.9 Å². The lowest BCUT2D eigenvalue weighted by atomic mass is 10.2. The van der Waals surface area contributed by atoms with E-state index in [0.29, 0.717) is 17.4 Å². The predicted molar refractivity (Wildman–Crippen MR) is 99.6 cm³/mol. The molecule has 0 aliphatic carbocycles. The van der Waals surface area contributed by atoms with Gasteiger partial charge in [-0.2, -0.15) is 0 Å². The van der Waals surface area contributed by atoms with Crippen LogP contribution in [0.4, 0.5) is 5.82 Å². The van der Waals surface area contributed by atoms with Crippen LogP contribution in [0.25, 0.3) is 22.2 Å². The van der Waals surface area contributed by atoms with Crippen LogP contribution < -0.4 is 5.32 Å². The van der Waals surface area contributed by atoms with Gasteiger partial charge in [-0.25, -0.2) is 9.97 Å². The van der Waals surface area contributed by atoms with Gasteiger partial charge in [0.1, 0.15) is 5.82 Å². The van der Waals surface area contributed by atoms with E-state index >= 15 is 0 Å². The van der Waals surface area contributed by atoms with Crippen molar-refractivity contribution < 1.29 is 9.21 Å². The monoisotopic (exact) mass is 362 g/mol. The fraction of sp³-hybridized carbons (Fsp3) is 0.0526. The molecule has 4 aromatic heterocycles. The summed E-state index contributed by atoms with van der Waals surface area (Å²) >= 11 is 1.57. The number of hydrogen-bond acceptors (Lipinski definition) is 6. The summed E-state index contributed by atoms with van der Waals surface area (Å²) in [4.78, 5) is 26.3. The Bertz CT molecular complexity index is 947. The van der Waals surface area contributed by atoms with Crippen LogP contribution in [0.2, 0.25) is 0 Å². The molecule has 7 heteroatoms. The maximum absolute atomic E-state index is 12.4. The minimum atomic E-state index is -0.167. The maximum atomic E-state index is 12.4. The number of rotatable bonds is 5. The molecule has 0 saturated carbocycles. The minimum absolute atomic E-state index is 0.167. The molecule has 128 valence electrons. The molecule has 0 saturated heterocycles. The molecule has 0 bridgehead atoms. The fourth-order valence-corrected chi connectivity index (χ4v) is 3.14. The Morgan fingerprint density at radius 2 is 2.12 bits per heavy atom. The maximum Gasteiger partial charge on any atom is 0.230 e.